The Kier molecular flexibility index (Phi) is 4.76. The van der Waals surface area contributed by atoms with Crippen molar-refractivity contribution < 1.29 is 9.53 Å². The van der Waals surface area contributed by atoms with E-state index < -0.39 is 0 Å². The zero-order chi connectivity index (χ0) is 13.7. The third-order valence-corrected chi connectivity index (χ3v) is 3.46. The summed E-state index contributed by atoms with van der Waals surface area (Å²) in [7, 11) is 1.66. The monoisotopic (exact) mass is 263 g/mol. The lowest BCUT2D eigenvalue weighted by atomic mass is 10.1. The fourth-order valence-corrected chi connectivity index (χ4v) is 2.27. The van der Waals surface area contributed by atoms with Crippen LogP contribution < -0.4 is 11.1 Å². The molecular formula is C14H21N3O2. The maximum absolute atomic E-state index is 11.8. The van der Waals surface area contributed by atoms with Crippen LogP contribution in [0.15, 0.2) is 24.3 Å². The van der Waals surface area contributed by atoms with Crippen LogP contribution in [-0.2, 0) is 16.0 Å². The standard InChI is InChI=1S/C14H21N3O2/c1-16-14(18)13-10-19-9-8-17(13)7-6-11-2-4-12(15)5-3-11/h2-5,13H,6-10,15H2,1H3,(H,16,18). The van der Waals surface area contributed by atoms with Crippen molar-refractivity contribution in [3.05, 3.63) is 29.8 Å². The number of carbonyl (C=O) groups excluding carboxylic acids is 1. The van der Waals surface area contributed by atoms with Crippen molar-refractivity contribution in [1.29, 1.82) is 0 Å². The summed E-state index contributed by atoms with van der Waals surface area (Å²) in [6.45, 7) is 2.81. The normalized spacial score (nSPS) is 20.2. The van der Waals surface area contributed by atoms with E-state index >= 15 is 0 Å². The van der Waals surface area contributed by atoms with Crippen LogP contribution in [0.2, 0.25) is 0 Å². The van der Waals surface area contributed by atoms with Gasteiger partial charge in [-0.3, -0.25) is 9.69 Å². The van der Waals surface area contributed by atoms with Crippen LogP contribution in [0.1, 0.15) is 5.56 Å². The van der Waals surface area contributed by atoms with Crippen molar-refractivity contribution in [2.24, 2.45) is 0 Å². The second-order valence-electron chi connectivity index (χ2n) is 4.73. The Bertz CT molecular complexity index is 419. The van der Waals surface area contributed by atoms with Gasteiger partial charge in [0.05, 0.1) is 13.2 Å². The minimum absolute atomic E-state index is 0.0250. The second kappa shape index (κ2) is 6.54. The molecule has 5 heteroatoms. The molecule has 3 N–H and O–H groups in total. The fraction of sp³-hybridized carbons (Fsp3) is 0.500. The van der Waals surface area contributed by atoms with Crippen molar-refractivity contribution in [1.82, 2.24) is 10.2 Å². The maximum Gasteiger partial charge on any atom is 0.239 e. The summed E-state index contributed by atoms with van der Waals surface area (Å²) < 4.78 is 5.38. The minimum Gasteiger partial charge on any atom is -0.399 e. The first-order valence-corrected chi connectivity index (χ1v) is 6.58. The number of amides is 1. The van der Waals surface area contributed by atoms with Crippen LogP contribution in [-0.4, -0.2) is 50.2 Å². The van der Waals surface area contributed by atoms with Gasteiger partial charge in [-0.05, 0) is 24.1 Å². The molecule has 1 saturated heterocycles. The van der Waals surface area contributed by atoms with Gasteiger partial charge in [-0.2, -0.15) is 0 Å². The van der Waals surface area contributed by atoms with Crippen LogP contribution >= 0.6 is 0 Å². The van der Waals surface area contributed by atoms with Crippen molar-refractivity contribution in [2.75, 3.05) is 39.1 Å². The van der Waals surface area contributed by atoms with Gasteiger partial charge in [0.1, 0.15) is 6.04 Å². The number of nitrogens with zero attached hydrogens (tertiary/aromatic N) is 1. The molecule has 0 spiro atoms. The smallest absolute Gasteiger partial charge is 0.239 e. The Labute approximate surface area is 113 Å². The summed E-state index contributed by atoms with van der Waals surface area (Å²) in [5.41, 5.74) is 7.67. The molecule has 1 aliphatic rings. The van der Waals surface area contributed by atoms with Gasteiger partial charge in [-0.15, -0.1) is 0 Å². The van der Waals surface area contributed by atoms with Crippen LogP contribution in [0.4, 0.5) is 5.69 Å². The van der Waals surface area contributed by atoms with E-state index in [4.69, 9.17) is 10.5 Å². The minimum atomic E-state index is -0.174. The number of rotatable bonds is 4. The number of benzene rings is 1. The number of hydrogen-bond acceptors (Lipinski definition) is 4. The van der Waals surface area contributed by atoms with Gasteiger partial charge in [0.25, 0.3) is 0 Å². The van der Waals surface area contributed by atoms with Crippen molar-refractivity contribution in [2.45, 2.75) is 12.5 Å². The van der Waals surface area contributed by atoms with Gasteiger partial charge in [-0.1, -0.05) is 12.1 Å². The molecule has 1 fully saturated rings. The van der Waals surface area contributed by atoms with Gasteiger partial charge >= 0.3 is 0 Å². The highest BCUT2D eigenvalue weighted by atomic mass is 16.5. The number of anilines is 1. The average Bonchev–Trinajstić information content (AvgIpc) is 2.46. The van der Waals surface area contributed by atoms with E-state index in [2.05, 4.69) is 10.2 Å². The molecular weight excluding hydrogens is 242 g/mol. The highest BCUT2D eigenvalue weighted by molar-refractivity contribution is 5.81. The van der Waals surface area contributed by atoms with E-state index in [0.717, 1.165) is 25.2 Å². The number of morpholine rings is 1. The SMILES string of the molecule is CNC(=O)C1COCCN1CCc1ccc(N)cc1. The van der Waals surface area contributed by atoms with E-state index in [1.807, 2.05) is 24.3 Å². The highest BCUT2D eigenvalue weighted by Crippen LogP contribution is 2.11. The largest absolute Gasteiger partial charge is 0.399 e. The molecule has 19 heavy (non-hydrogen) atoms. The summed E-state index contributed by atoms with van der Waals surface area (Å²) in [4.78, 5) is 14.0. The molecule has 1 amide bonds. The Hall–Kier alpha value is -1.59. The Morgan fingerprint density at radius 2 is 2.21 bits per heavy atom. The molecule has 1 unspecified atom stereocenters. The third kappa shape index (κ3) is 3.68. The van der Waals surface area contributed by atoms with Crippen molar-refractivity contribution in [3.8, 4) is 0 Å². The summed E-state index contributed by atoms with van der Waals surface area (Å²) in [6, 6.07) is 7.71. The average molecular weight is 263 g/mol. The summed E-state index contributed by atoms with van der Waals surface area (Å²) >= 11 is 0. The van der Waals surface area contributed by atoms with E-state index in [0.29, 0.717) is 13.2 Å². The van der Waals surface area contributed by atoms with Gasteiger partial charge in [-0.25, -0.2) is 0 Å². The predicted molar refractivity (Wildman–Crippen MR) is 74.8 cm³/mol. The maximum atomic E-state index is 11.8. The Balaban J connectivity index is 1.92. The predicted octanol–water partition coefficient (Wildman–Crippen LogP) is 0.258. The molecule has 1 aromatic carbocycles. The summed E-state index contributed by atoms with van der Waals surface area (Å²) in [6.07, 6.45) is 0.910. The zero-order valence-electron chi connectivity index (χ0n) is 11.3. The van der Waals surface area contributed by atoms with Crippen molar-refractivity contribution >= 4 is 11.6 Å². The van der Waals surface area contributed by atoms with Crippen LogP contribution in [0.25, 0.3) is 0 Å². The summed E-state index contributed by atoms with van der Waals surface area (Å²) in [5, 5.41) is 2.69. The van der Waals surface area contributed by atoms with Crippen LogP contribution in [0, 0.1) is 0 Å². The Morgan fingerprint density at radius 1 is 1.47 bits per heavy atom. The number of likely N-dealkylation sites (N-methyl/N-ethyl adjacent to an activating group) is 1. The summed E-state index contributed by atoms with van der Waals surface area (Å²) in [5.74, 6) is 0.0250. The van der Waals surface area contributed by atoms with Crippen molar-refractivity contribution in [3.63, 3.8) is 0 Å². The van der Waals surface area contributed by atoms with Crippen LogP contribution in [0.3, 0.4) is 0 Å². The molecule has 1 aliphatic heterocycles. The molecule has 0 bridgehead atoms. The lowest BCUT2D eigenvalue weighted by Gasteiger charge is -2.34. The molecule has 0 aliphatic carbocycles. The van der Waals surface area contributed by atoms with E-state index in [1.165, 1.54) is 5.56 Å². The number of hydrogen-bond donors (Lipinski definition) is 2. The molecule has 1 heterocycles. The first-order chi connectivity index (χ1) is 9.20. The molecule has 2 rings (SSSR count). The molecule has 104 valence electrons. The number of nitrogens with one attached hydrogen (secondary N) is 1. The van der Waals surface area contributed by atoms with Crippen LogP contribution in [0.5, 0.6) is 0 Å². The van der Waals surface area contributed by atoms with Gasteiger partial charge < -0.3 is 15.8 Å². The first kappa shape index (κ1) is 13.8. The van der Waals surface area contributed by atoms with E-state index in [9.17, 15) is 4.79 Å². The Morgan fingerprint density at radius 3 is 2.89 bits per heavy atom. The second-order valence-corrected chi connectivity index (χ2v) is 4.73. The van der Waals surface area contributed by atoms with Gasteiger partial charge in [0.2, 0.25) is 5.91 Å². The molecule has 1 atom stereocenters. The zero-order valence-corrected chi connectivity index (χ0v) is 11.3. The molecule has 5 nitrogen and oxygen atoms in total. The lowest BCUT2D eigenvalue weighted by molar-refractivity contribution is -0.131. The molecule has 0 radical (unpaired) electrons. The number of carbonyl (C=O) groups is 1. The highest BCUT2D eigenvalue weighted by Gasteiger charge is 2.28. The quantitative estimate of drug-likeness (QED) is 0.765. The van der Waals surface area contributed by atoms with E-state index in [-0.39, 0.29) is 11.9 Å². The van der Waals surface area contributed by atoms with E-state index in [1.54, 1.807) is 7.05 Å². The topological polar surface area (TPSA) is 67.6 Å². The molecule has 0 aromatic heterocycles. The molecule has 0 saturated carbocycles. The van der Waals surface area contributed by atoms with Gasteiger partial charge in [0, 0.05) is 25.8 Å². The molecule has 1 aromatic rings. The lowest BCUT2D eigenvalue weighted by Crippen LogP contribution is -2.53. The number of ether oxygens (including phenoxy) is 1. The number of nitrogen functional groups attached to an aromatic ring is 1. The number of nitrogens with two attached hydrogens (primary N) is 1. The third-order valence-electron chi connectivity index (χ3n) is 3.46. The fourth-order valence-electron chi connectivity index (χ4n) is 2.27. The first-order valence-electron chi connectivity index (χ1n) is 6.58. The van der Waals surface area contributed by atoms with Gasteiger partial charge in [0.15, 0.2) is 0 Å².